The second kappa shape index (κ2) is 4.71. The fourth-order valence-corrected chi connectivity index (χ4v) is 2.62. The first-order valence-corrected chi connectivity index (χ1v) is 6.12. The maximum Gasteiger partial charge on any atom is 0.0485 e. The third kappa shape index (κ3) is 1.63. The fourth-order valence-electron chi connectivity index (χ4n) is 2.62. The average molecular weight is 216 g/mol. The molecular weight excluding hydrogens is 196 g/mol. The first-order chi connectivity index (χ1) is 7.83. The normalized spacial score (nSPS) is 11.2. The molecule has 1 aromatic heterocycles. The lowest BCUT2D eigenvalue weighted by Crippen LogP contribution is -2.06. The van der Waals surface area contributed by atoms with E-state index < -0.39 is 0 Å². The molecule has 0 saturated carbocycles. The van der Waals surface area contributed by atoms with Crippen molar-refractivity contribution in [2.24, 2.45) is 5.73 Å². The highest BCUT2D eigenvalue weighted by molar-refractivity contribution is 5.85. The van der Waals surface area contributed by atoms with Gasteiger partial charge in [-0.25, -0.2) is 0 Å². The number of fused-ring (bicyclic) bond motifs is 1. The van der Waals surface area contributed by atoms with Crippen LogP contribution in [0, 0.1) is 0 Å². The molecule has 2 rings (SSSR count). The molecule has 1 heterocycles. The van der Waals surface area contributed by atoms with Crippen molar-refractivity contribution >= 4 is 10.9 Å². The van der Waals surface area contributed by atoms with E-state index in [1.165, 1.54) is 22.2 Å². The third-order valence-corrected chi connectivity index (χ3v) is 3.24. The van der Waals surface area contributed by atoms with Gasteiger partial charge in [-0.15, -0.1) is 0 Å². The quantitative estimate of drug-likeness (QED) is 0.837. The number of hydrogen-bond acceptors (Lipinski definition) is 1. The number of para-hydroxylation sites is 1. The van der Waals surface area contributed by atoms with Crippen molar-refractivity contribution in [3.05, 3.63) is 35.5 Å². The van der Waals surface area contributed by atoms with Gasteiger partial charge in [0.05, 0.1) is 0 Å². The van der Waals surface area contributed by atoms with Crippen molar-refractivity contribution in [1.82, 2.24) is 4.57 Å². The van der Waals surface area contributed by atoms with Crippen LogP contribution in [0.4, 0.5) is 0 Å². The smallest absolute Gasteiger partial charge is 0.0485 e. The summed E-state index contributed by atoms with van der Waals surface area (Å²) in [6.45, 7) is 6.19. The molecule has 2 nitrogen and oxygen atoms in total. The van der Waals surface area contributed by atoms with Gasteiger partial charge in [-0.2, -0.15) is 0 Å². The average Bonchev–Trinajstić information content (AvgIpc) is 2.63. The zero-order valence-corrected chi connectivity index (χ0v) is 10.2. The highest BCUT2D eigenvalue weighted by atomic mass is 15.0. The monoisotopic (exact) mass is 216 g/mol. The van der Waals surface area contributed by atoms with E-state index in [9.17, 15) is 0 Å². The van der Waals surface area contributed by atoms with Crippen LogP contribution < -0.4 is 5.73 Å². The largest absolute Gasteiger partial charge is 0.345 e. The molecule has 0 saturated heterocycles. The van der Waals surface area contributed by atoms with Crippen molar-refractivity contribution in [3.63, 3.8) is 0 Å². The van der Waals surface area contributed by atoms with E-state index in [0.717, 1.165) is 25.9 Å². The van der Waals surface area contributed by atoms with E-state index in [0.29, 0.717) is 0 Å². The lowest BCUT2D eigenvalue weighted by molar-refractivity contribution is 0.735. The second-order valence-corrected chi connectivity index (χ2v) is 4.08. The molecule has 0 aliphatic carbocycles. The minimum Gasteiger partial charge on any atom is -0.345 e. The third-order valence-electron chi connectivity index (χ3n) is 3.24. The summed E-state index contributed by atoms with van der Waals surface area (Å²) in [5.74, 6) is 0. The van der Waals surface area contributed by atoms with Crippen LogP contribution in [0.15, 0.2) is 24.3 Å². The van der Waals surface area contributed by atoms with Gasteiger partial charge in [-0.05, 0) is 37.9 Å². The number of nitrogens with two attached hydrogens (primary N) is 1. The molecule has 1 aromatic carbocycles. The molecule has 2 N–H and O–H groups in total. The van der Waals surface area contributed by atoms with E-state index in [4.69, 9.17) is 5.73 Å². The highest BCUT2D eigenvalue weighted by Crippen LogP contribution is 2.26. The predicted octanol–water partition coefficient (Wildman–Crippen LogP) is 2.72. The summed E-state index contributed by atoms with van der Waals surface area (Å²) in [5, 5.41) is 1.38. The maximum absolute atomic E-state index is 5.72. The molecular formula is C14H20N2. The van der Waals surface area contributed by atoms with Gasteiger partial charge in [0.1, 0.15) is 0 Å². The molecule has 2 heteroatoms. The van der Waals surface area contributed by atoms with Gasteiger partial charge in [0, 0.05) is 23.1 Å². The Kier molecular flexibility index (Phi) is 3.30. The molecule has 0 atom stereocenters. The maximum atomic E-state index is 5.72. The fraction of sp³-hybridized carbons (Fsp3) is 0.429. The summed E-state index contributed by atoms with van der Waals surface area (Å²) < 4.78 is 2.42. The molecule has 2 aromatic rings. The minimum atomic E-state index is 0.727. The van der Waals surface area contributed by atoms with E-state index in [1.54, 1.807) is 0 Å². The standard InChI is InChI=1S/C14H20N2/c1-3-13-12(9-10-15)11-7-5-6-8-14(11)16(13)4-2/h5-8H,3-4,9-10,15H2,1-2H3. The number of rotatable bonds is 4. The zero-order chi connectivity index (χ0) is 11.5. The van der Waals surface area contributed by atoms with Crippen LogP contribution in [0.5, 0.6) is 0 Å². The molecule has 0 spiro atoms. The Balaban J connectivity index is 2.73. The summed E-state index contributed by atoms with van der Waals surface area (Å²) in [6.07, 6.45) is 2.06. The number of aromatic nitrogens is 1. The molecule has 0 fully saturated rings. The molecule has 0 amide bonds. The van der Waals surface area contributed by atoms with Gasteiger partial charge >= 0.3 is 0 Å². The Morgan fingerprint density at radius 1 is 1.19 bits per heavy atom. The van der Waals surface area contributed by atoms with Crippen LogP contribution >= 0.6 is 0 Å². The van der Waals surface area contributed by atoms with E-state index >= 15 is 0 Å². The minimum absolute atomic E-state index is 0.727. The van der Waals surface area contributed by atoms with Gasteiger partial charge in [-0.3, -0.25) is 0 Å². The SMILES string of the molecule is CCc1c(CCN)c2ccccc2n1CC. The van der Waals surface area contributed by atoms with Crippen molar-refractivity contribution in [1.29, 1.82) is 0 Å². The number of benzene rings is 1. The van der Waals surface area contributed by atoms with Gasteiger partial charge in [0.15, 0.2) is 0 Å². The first kappa shape index (κ1) is 11.2. The number of nitrogens with zero attached hydrogens (tertiary/aromatic N) is 1. The Morgan fingerprint density at radius 2 is 1.94 bits per heavy atom. The van der Waals surface area contributed by atoms with Crippen molar-refractivity contribution in [2.45, 2.75) is 33.2 Å². The lowest BCUT2D eigenvalue weighted by Gasteiger charge is -2.07. The van der Waals surface area contributed by atoms with Gasteiger partial charge in [0.2, 0.25) is 0 Å². The van der Waals surface area contributed by atoms with Crippen LogP contribution in [0.3, 0.4) is 0 Å². The molecule has 0 bridgehead atoms. The molecule has 0 unspecified atom stereocenters. The molecule has 86 valence electrons. The van der Waals surface area contributed by atoms with Crippen LogP contribution in [0.1, 0.15) is 25.1 Å². The van der Waals surface area contributed by atoms with Crippen molar-refractivity contribution in [2.75, 3.05) is 6.54 Å². The molecule has 0 aliphatic rings. The predicted molar refractivity (Wildman–Crippen MR) is 69.7 cm³/mol. The molecule has 0 radical (unpaired) electrons. The van der Waals surface area contributed by atoms with Crippen LogP contribution in [0.2, 0.25) is 0 Å². The lowest BCUT2D eigenvalue weighted by atomic mass is 10.1. The summed E-state index contributed by atoms with van der Waals surface area (Å²) in [4.78, 5) is 0. The summed E-state index contributed by atoms with van der Waals surface area (Å²) >= 11 is 0. The first-order valence-electron chi connectivity index (χ1n) is 6.12. The second-order valence-electron chi connectivity index (χ2n) is 4.08. The number of aryl methyl sites for hydroxylation is 1. The van der Waals surface area contributed by atoms with Gasteiger partial charge in [0.25, 0.3) is 0 Å². The molecule has 0 aliphatic heterocycles. The highest BCUT2D eigenvalue weighted by Gasteiger charge is 2.13. The van der Waals surface area contributed by atoms with E-state index in [1.807, 2.05) is 0 Å². The van der Waals surface area contributed by atoms with Crippen molar-refractivity contribution in [3.8, 4) is 0 Å². The Hall–Kier alpha value is -1.28. The summed E-state index contributed by atoms with van der Waals surface area (Å²) in [7, 11) is 0. The van der Waals surface area contributed by atoms with E-state index in [2.05, 4.69) is 42.7 Å². The number of hydrogen-bond donors (Lipinski definition) is 1. The molecule has 16 heavy (non-hydrogen) atoms. The van der Waals surface area contributed by atoms with Crippen molar-refractivity contribution < 1.29 is 0 Å². The van der Waals surface area contributed by atoms with Crippen LogP contribution in [-0.4, -0.2) is 11.1 Å². The van der Waals surface area contributed by atoms with Gasteiger partial charge < -0.3 is 10.3 Å². The van der Waals surface area contributed by atoms with Crippen LogP contribution in [0.25, 0.3) is 10.9 Å². The topological polar surface area (TPSA) is 30.9 Å². The van der Waals surface area contributed by atoms with E-state index in [-0.39, 0.29) is 0 Å². The van der Waals surface area contributed by atoms with Gasteiger partial charge in [-0.1, -0.05) is 25.1 Å². The zero-order valence-electron chi connectivity index (χ0n) is 10.2. The summed E-state index contributed by atoms with van der Waals surface area (Å²) in [5.41, 5.74) is 9.97. The Bertz CT molecular complexity index is 483. The Morgan fingerprint density at radius 3 is 2.56 bits per heavy atom. The summed E-state index contributed by atoms with van der Waals surface area (Å²) in [6, 6.07) is 8.64. The Labute approximate surface area is 97.1 Å². The van der Waals surface area contributed by atoms with Crippen LogP contribution in [-0.2, 0) is 19.4 Å².